The molecule has 0 radical (unpaired) electrons. The Morgan fingerprint density at radius 2 is 1.85 bits per heavy atom. The van der Waals surface area contributed by atoms with Gasteiger partial charge in [0.2, 0.25) is 0 Å². The number of aryl methyl sites for hydroxylation is 1. The number of nitrogens with one attached hydrogen (secondary N) is 1. The molecule has 0 aliphatic heterocycles. The Morgan fingerprint density at radius 3 is 2.50 bits per heavy atom. The second-order valence-corrected chi connectivity index (χ2v) is 4.72. The average Bonchev–Trinajstić information content (AvgIpc) is 2.47. The van der Waals surface area contributed by atoms with Crippen LogP contribution in [0.4, 0.5) is 5.69 Å². The molecule has 0 fully saturated rings. The summed E-state index contributed by atoms with van der Waals surface area (Å²) in [4.78, 5) is 11.8. The van der Waals surface area contributed by atoms with Crippen LogP contribution in [0.1, 0.15) is 12.5 Å². The molecule has 0 bridgehead atoms. The number of anilines is 1. The molecule has 20 heavy (non-hydrogen) atoms. The number of carbonyl (C=O) groups is 1. The maximum atomic E-state index is 11.8. The first-order valence-electron chi connectivity index (χ1n) is 6.45. The van der Waals surface area contributed by atoms with E-state index in [0.717, 1.165) is 12.1 Å². The maximum Gasteiger partial charge on any atom is 0.262 e. The highest BCUT2D eigenvalue weighted by Crippen LogP contribution is 2.22. The Kier molecular flexibility index (Phi) is 5.02. The Balaban J connectivity index is 1.87. The smallest absolute Gasteiger partial charge is 0.262 e. The molecule has 0 heterocycles. The van der Waals surface area contributed by atoms with Gasteiger partial charge in [-0.3, -0.25) is 4.79 Å². The van der Waals surface area contributed by atoms with Crippen molar-refractivity contribution in [2.75, 3.05) is 11.9 Å². The first kappa shape index (κ1) is 14.4. The van der Waals surface area contributed by atoms with E-state index in [2.05, 4.69) is 12.2 Å². The molecule has 0 saturated carbocycles. The van der Waals surface area contributed by atoms with Crippen LogP contribution in [0, 0.1) is 0 Å². The van der Waals surface area contributed by atoms with Crippen molar-refractivity contribution >= 4 is 23.2 Å². The van der Waals surface area contributed by atoms with Crippen molar-refractivity contribution in [3.8, 4) is 5.75 Å². The average molecular weight is 290 g/mol. The lowest BCUT2D eigenvalue weighted by atomic mass is 10.1. The van der Waals surface area contributed by atoms with E-state index >= 15 is 0 Å². The van der Waals surface area contributed by atoms with Crippen LogP contribution in [0.5, 0.6) is 5.75 Å². The van der Waals surface area contributed by atoms with E-state index in [4.69, 9.17) is 16.3 Å². The van der Waals surface area contributed by atoms with Crippen LogP contribution in [-0.2, 0) is 11.2 Å². The lowest BCUT2D eigenvalue weighted by Gasteiger charge is -2.09. The number of carbonyl (C=O) groups excluding carboxylic acids is 1. The van der Waals surface area contributed by atoms with E-state index in [1.165, 1.54) is 5.56 Å². The summed E-state index contributed by atoms with van der Waals surface area (Å²) in [7, 11) is 0. The van der Waals surface area contributed by atoms with E-state index in [-0.39, 0.29) is 12.5 Å². The fourth-order valence-electron chi connectivity index (χ4n) is 1.73. The highest BCUT2D eigenvalue weighted by molar-refractivity contribution is 6.32. The van der Waals surface area contributed by atoms with Crippen LogP contribution in [-0.4, -0.2) is 12.5 Å². The maximum absolute atomic E-state index is 11.8. The van der Waals surface area contributed by atoms with E-state index in [0.29, 0.717) is 10.8 Å². The molecule has 104 valence electrons. The van der Waals surface area contributed by atoms with Gasteiger partial charge in [0.05, 0.1) is 5.02 Å². The molecule has 2 aromatic carbocycles. The van der Waals surface area contributed by atoms with Gasteiger partial charge in [0, 0.05) is 5.69 Å². The lowest BCUT2D eigenvalue weighted by Crippen LogP contribution is -2.20. The van der Waals surface area contributed by atoms with Gasteiger partial charge in [0.1, 0.15) is 5.75 Å². The second-order valence-electron chi connectivity index (χ2n) is 4.32. The van der Waals surface area contributed by atoms with E-state index in [1.807, 2.05) is 36.4 Å². The molecule has 0 aliphatic rings. The monoisotopic (exact) mass is 289 g/mol. The van der Waals surface area contributed by atoms with Gasteiger partial charge in [-0.15, -0.1) is 0 Å². The van der Waals surface area contributed by atoms with Gasteiger partial charge in [0.25, 0.3) is 5.91 Å². The van der Waals surface area contributed by atoms with Gasteiger partial charge in [-0.2, -0.15) is 0 Å². The van der Waals surface area contributed by atoms with Gasteiger partial charge in [0.15, 0.2) is 6.61 Å². The number of ether oxygens (including phenoxy) is 1. The minimum atomic E-state index is -0.214. The van der Waals surface area contributed by atoms with E-state index in [9.17, 15) is 4.79 Å². The molecule has 0 atom stereocenters. The second kappa shape index (κ2) is 6.96. The fourth-order valence-corrected chi connectivity index (χ4v) is 1.92. The zero-order chi connectivity index (χ0) is 14.4. The Labute approximate surface area is 123 Å². The van der Waals surface area contributed by atoms with Gasteiger partial charge < -0.3 is 10.1 Å². The summed E-state index contributed by atoms with van der Waals surface area (Å²) in [5.74, 6) is 0.291. The minimum absolute atomic E-state index is 0.0702. The third kappa shape index (κ3) is 4.00. The van der Waals surface area contributed by atoms with Crippen LogP contribution in [0.25, 0.3) is 0 Å². The Bertz CT molecular complexity index is 581. The van der Waals surface area contributed by atoms with Crippen molar-refractivity contribution in [2.24, 2.45) is 0 Å². The van der Waals surface area contributed by atoms with Crippen molar-refractivity contribution in [2.45, 2.75) is 13.3 Å². The molecule has 3 nitrogen and oxygen atoms in total. The van der Waals surface area contributed by atoms with Gasteiger partial charge >= 0.3 is 0 Å². The molecule has 1 amide bonds. The molecule has 0 spiro atoms. The number of benzene rings is 2. The fraction of sp³-hybridized carbons (Fsp3) is 0.188. The largest absolute Gasteiger partial charge is 0.482 e. The van der Waals surface area contributed by atoms with Gasteiger partial charge in [-0.1, -0.05) is 42.8 Å². The number of rotatable bonds is 5. The van der Waals surface area contributed by atoms with E-state index < -0.39 is 0 Å². The molecule has 0 aliphatic carbocycles. The van der Waals surface area contributed by atoms with Crippen LogP contribution < -0.4 is 10.1 Å². The molecule has 0 unspecified atom stereocenters. The first-order valence-corrected chi connectivity index (χ1v) is 6.83. The quantitative estimate of drug-likeness (QED) is 0.906. The summed E-state index contributed by atoms with van der Waals surface area (Å²) < 4.78 is 5.37. The van der Waals surface area contributed by atoms with Crippen molar-refractivity contribution in [1.29, 1.82) is 0 Å². The number of hydrogen-bond acceptors (Lipinski definition) is 2. The molecular formula is C16H16ClNO2. The molecule has 1 N–H and O–H groups in total. The van der Waals surface area contributed by atoms with Crippen LogP contribution in [0.2, 0.25) is 5.02 Å². The summed E-state index contributed by atoms with van der Waals surface area (Å²) >= 11 is 5.94. The molecular weight excluding hydrogens is 274 g/mol. The lowest BCUT2D eigenvalue weighted by molar-refractivity contribution is -0.118. The zero-order valence-electron chi connectivity index (χ0n) is 11.2. The predicted molar refractivity (Wildman–Crippen MR) is 81.4 cm³/mol. The summed E-state index contributed by atoms with van der Waals surface area (Å²) in [6, 6.07) is 14.8. The number of amides is 1. The normalized spacial score (nSPS) is 10.1. The first-order chi connectivity index (χ1) is 9.69. The van der Waals surface area contributed by atoms with Crippen LogP contribution in [0.15, 0.2) is 48.5 Å². The SMILES string of the molecule is CCc1ccc(NC(=O)COc2ccccc2Cl)cc1. The van der Waals surface area contributed by atoms with Crippen LogP contribution >= 0.6 is 11.6 Å². The van der Waals surface area contributed by atoms with Crippen molar-refractivity contribution in [3.63, 3.8) is 0 Å². The van der Waals surface area contributed by atoms with Gasteiger partial charge in [-0.25, -0.2) is 0 Å². The summed E-state index contributed by atoms with van der Waals surface area (Å²) in [5, 5.41) is 3.27. The number of halogens is 1. The van der Waals surface area contributed by atoms with E-state index in [1.54, 1.807) is 12.1 Å². The minimum Gasteiger partial charge on any atom is -0.482 e. The van der Waals surface area contributed by atoms with Crippen LogP contribution in [0.3, 0.4) is 0 Å². The summed E-state index contributed by atoms with van der Waals surface area (Å²) in [6.07, 6.45) is 0.976. The topological polar surface area (TPSA) is 38.3 Å². The molecule has 0 aromatic heterocycles. The van der Waals surface area contributed by atoms with Gasteiger partial charge in [-0.05, 0) is 36.2 Å². The Hall–Kier alpha value is -2.00. The standard InChI is InChI=1S/C16H16ClNO2/c1-2-12-7-9-13(10-8-12)18-16(19)11-20-15-6-4-3-5-14(15)17/h3-10H,2,11H2,1H3,(H,18,19). The molecule has 2 aromatic rings. The third-order valence-corrected chi connectivity index (χ3v) is 3.15. The predicted octanol–water partition coefficient (Wildman–Crippen LogP) is 3.92. The van der Waals surface area contributed by atoms with Crippen molar-refractivity contribution in [1.82, 2.24) is 0 Å². The molecule has 0 saturated heterocycles. The summed E-state index contributed by atoms with van der Waals surface area (Å²) in [6.45, 7) is 2.02. The highest BCUT2D eigenvalue weighted by Gasteiger charge is 2.05. The molecule has 2 rings (SSSR count). The van der Waals surface area contributed by atoms with Crippen molar-refractivity contribution in [3.05, 3.63) is 59.1 Å². The Morgan fingerprint density at radius 1 is 1.15 bits per heavy atom. The molecule has 4 heteroatoms. The zero-order valence-corrected chi connectivity index (χ0v) is 12.0. The third-order valence-electron chi connectivity index (χ3n) is 2.84. The summed E-state index contributed by atoms with van der Waals surface area (Å²) in [5.41, 5.74) is 1.99. The number of para-hydroxylation sites is 1. The number of hydrogen-bond donors (Lipinski definition) is 1. The highest BCUT2D eigenvalue weighted by atomic mass is 35.5. The van der Waals surface area contributed by atoms with Crippen molar-refractivity contribution < 1.29 is 9.53 Å².